The van der Waals surface area contributed by atoms with E-state index in [4.69, 9.17) is 28.8 Å². The number of ketones is 3. The Kier molecular flexibility index (Phi) is 5.39. The number of rotatable bonds is 7. The van der Waals surface area contributed by atoms with Crippen LogP contribution in [-0.2, 0) is 19.2 Å². The Morgan fingerprint density at radius 1 is 0.812 bits per heavy atom. The summed E-state index contributed by atoms with van der Waals surface area (Å²) in [5.41, 5.74) is 12.5. The summed E-state index contributed by atoms with van der Waals surface area (Å²) in [6.07, 6.45) is 0. The highest BCUT2D eigenvalue weighted by molar-refractivity contribution is 6.72. The Bertz CT molecular complexity index is 301. The lowest BCUT2D eigenvalue weighted by Crippen LogP contribution is -2.56. The maximum absolute atomic E-state index is 11.5. The Labute approximate surface area is 96.3 Å². The summed E-state index contributed by atoms with van der Waals surface area (Å²) in [4.78, 5) is 45.7. The van der Waals surface area contributed by atoms with Crippen LogP contribution in [0.2, 0.25) is 0 Å². The molecule has 0 heterocycles. The zero-order valence-corrected chi connectivity index (χ0v) is 9.12. The van der Waals surface area contributed by atoms with Crippen LogP contribution in [0.3, 0.4) is 0 Å². The molecule has 0 aliphatic rings. The fraction of sp³-hybridized carbons (Fsp3) is 0.500. The van der Waals surface area contributed by atoms with Crippen LogP contribution in [0.5, 0.6) is 0 Å². The second kappa shape index (κ2) is 5.80. The summed E-state index contributed by atoms with van der Waals surface area (Å²) in [7, 11) is 0. The summed E-state index contributed by atoms with van der Waals surface area (Å²) in [5.74, 6) is -3.30. The molecule has 0 aromatic rings. The number of halogens is 1. The lowest BCUT2D eigenvalue weighted by Gasteiger charge is -2.23. The van der Waals surface area contributed by atoms with Gasteiger partial charge in [0.2, 0.25) is 5.41 Å². The van der Waals surface area contributed by atoms with E-state index in [0.29, 0.717) is 0 Å². The molecule has 0 fully saturated rings. The van der Waals surface area contributed by atoms with Crippen molar-refractivity contribution in [1.29, 1.82) is 0 Å². The monoisotopic (exact) mass is 249 g/mol. The molecular weight excluding hydrogens is 238 g/mol. The Morgan fingerprint density at radius 2 is 1.06 bits per heavy atom. The van der Waals surface area contributed by atoms with Crippen LogP contribution >= 0.6 is 11.6 Å². The van der Waals surface area contributed by atoms with Crippen molar-refractivity contribution in [3.8, 4) is 0 Å². The third kappa shape index (κ3) is 2.17. The molecule has 0 bridgehead atoms. The molecule has 0 aromatic heterocycles. The van der Waals surface area contributed by atoms with Crippen molar-refractivity contribution in [3.05, 3.63) is 0 Å². The maximum atomic E-state index is 11.5. The SMILES string of the molecule is NCC(=O)C(C(=O)Cl)(C(=O)CN)C(=O)CN. The van der Waals surface area contributed by atoms with Gasteiger partial charge < -0.3 is 17.2 Å². The molecule has 90 valence electrons. The fourth-order valence-corrected chi connectivity index (χ4v) is 1.57. The zero-order chi connectivity index (χ0) is 12.9. The third-order valence-electron chi connectivity index (χ3n) is 2.11. The van der Waals surface area contributed by atoms with E-state index >= 15 is 0 Å². The number of carbonyl (C=O) groups is 4. The van der Waals surface area contributed by atoms with E-state index in [-0.39, 0.29) is 0 Å². The molecule has 0 aliphatic heterocycles. The summed E-state index contributed by atoms with van der Waals surface area (Å²) >= 11 is 5.15. The van der Waals surface area contributed by atoms with Gasteiger partial charge in [0.15, 0.2) is 17.3 Å². The highest BCUT2D eigenvalue weighted by Crippen LogP contribution is 2.24. The number of carbonyl (C=O) groups excluding carboxylic acids is 4. The fourth-order valence-electron chi connectivity index (χ4n) is 1.25. The highest BCUT2D eigenvalue weighted by atomic mass is 35.5. The van der Waals surface area contributed by atoms with Gasteiger partial charge >= 0.3 is 0 Å². The highest BCUT2D eigenvalue weighted by Gasteiger charge is 2.55. The molecule has 7 nitrogen and oxygen atoms in total. The van der Waals surface area contributed by atoms with Gasteiger partial charge in [-0.05, 0) is 11.6 Å². The molecule has 0 spiro atoms. The van der Waals surface area contributed by atoms with Crippen LogP contribution in [0.4, 0.5) is 0 Å². The van der Waals surface area contributed by atoms with E-state index in [1.54, 1.807) is 0 Å². The van der Waals surface area contributed by atoms with Gasteiger partial charge in [-0.3, -0.25) is 19.2 Å². The topological polar surface area (TPSA) is 146 Å². The molecule has 0 aromatic carbocycles. The van der Waals surface area contributed by atoms with Crippen molar-refractivity contribution >= 4 is 34.2 Å². The summed E-state index contributed by atoms with van der Waals surface area (Å²) < 4.78 is 0. The molecule has 8 heteroatoms. The van der Waals surface area contributed by atoms with Crippen LogP contribution in [0.15, 0.2) is 0 Å². The number of nitrogens with two attached hydrogens (primary N) is 3. The normalized spacial score (nSPS) is 11.0. The summed E-state index contributed by atoms with van der Waals surface area (Å²) in [6.45, 7) is -2.05. The first-order chi connectivity index (χ1) is 7.39. The molecule has 0 amide bonds. The van der Waals surface area contributed by atoms with Gasteiger partial charge in [-0.25, -0.2) is 0 Å². The third-order valence-corrected chi connectivity index (χ3v) is 2.39. The van der Waals surface area contributed by atoms with Gasteiger partial charge in [0.05, 0.1) is 19.6 Å². The van der Waals surface area contributed by atoms with Crippen molar-refractivity contribution in [3.63, 3.8) is 0 Å². The standard InChI is InChI=1S/C8H12ClN3O4/c9-7(16)8(4(13)1-10,5(14)2-11)6(15)3-12/h1-3,10-12H2. The van der Waals surface area contributed by atoms with Crippen LogP contribution in [0, 0.1) is 5.41 Å². The van der Waals surface area contributed by atoms with E-state index in [1.165, 1.54) is 0 Å². The first-order valence-electron chi connectivity index (χ1n) is 4.29. The number of Topliss-reactive ketones (excluding diaryl/α,β-unsaturated/α-hetero) is 3. The van der Waals surface area contributed by atoms with E-state index in [2.05, 4.69) is 0 Å². The largest absolute Gasteiger partial charge is 0.324 e. The van der Waals surface area contributed by atoms with Gasteiger partial charge in [0.1, 0.15) is 0 Å². The predicted octanol–water partition coefficient (Wildman–Crippen LogP) is -2.68. The van der Waals surface area contributed by atoms with Crippen LogP contribution in [0.1, 0.15) is 0 Å². The molecule has 0 unspecified atom stereocenters. The van der Waals surface area contributed by atoms with Crippen molar-refractivity contribution in [2.75, 3.05) is 19.6 Å². The first kappa shape index (κ1) is 14.8. The summed E-state index contributed by atoms with van der Waals surface area (Å²) in [6, 6.07) is 0. The number of hydrogen-bond donors (Lipinski definition) is 3. The van der Waals surface area contributed by atoms with Gasteiger partial charge in [0, 0.05) is 0 Å². The van der Waals surface area contributed by atoms with Crippen molar-refractivity contribution in [1.82, 2.24) is 0 Å². The molecule has 16 heavy (non-hydrogen) atoms. The second-order valence-corrected chi connectivity index (χ2v) is 3.25. The Balaban J connectivity index is 5.78. The minimum atomic E-state index is -2.64. The quantitative estimate of drug-likeness (QED) is 0.329. The minimum absolute atomic E-state index is 0.685. The average molecular weight is 250 g/mol. The number of hydrogen-bond acceptors (Lipinski definition) is 7. The lowest BCUT2D eigenvalue weighted by atomic mass is 9.76. The van der Waals surface area contributed by atoms with Gasteiger partial charge in [-0.2, -0.15) is 0 Å². The molecule has 6 N–H and O–H groups in total. The molecule has 0 rings (SSSR count). The molecular formula is C8H12ClN3O4. The smallest absolute Gasteiger partial charge is 0.250 e. The van der Waals surface area contributed by atoms with Crippen molar-refractivity contribution < 1.29 is 19.2 Å². The minimum Gasteiger partial charge on any atom is -0.324 e. The second-order valence-electron chi connectivity index (χ2n) is 2.91. The zero-order valence-electron chi connectivity index (χ0n) is 8.36. The maximum Gasteiger partial charge on any atom is 0.250 e. The molecule has 0 aliphatic carbocycles. The van der Waals surface area contributed by atoms with Gasteiger partial charge in [-0.1, -0.05) is 0 Å². The van der Waals surface area contributed by atoms with E-state index in [1.807, 2.05) is 0 Å². The van der Waals surface area contributed by atoms with E-state index in [9.17, 15) is 19.2 Å². The molecule has 0 atom stereocenters. The van der Waals surface area contributed by atoms with Gasteiger partial charge in [-0.15, -0.1) is 0 Å². The average Bonchev–Trinajstić information content (AvgIpc) is 2.28. The van der Waals surface area contributed by atoms with E-state index in [0.717, 1.165) is 0 Å². The van der Waals surface area contributed by atoms with Crippen LogP contribution < -0.4 is 17.2 Å². The molecule has 0 saturated heterocycles. The van der Waals surface area contributed by atoms with Crippen LogP contribution in [-0.4, -0.2) is 42.2 Å². The van der Waals surface area contributed by atoms with Gasteiger partial charge in [0.25, 0.3) is 5.24 Å². The molecule has 0 radical (unpaired) electrons. The first-order valence-corrected chi connectivity index (χ1v) is 4.67. The Morgan fingerprint density at radius 3 is 1.19 bits per heavy atom. The summed E-state index contributed by atoms with van der Waals surface area (Å²) in [5, 5.41) is -1.42. The van der Waals surface area contributed by atoms with Crippen molar-refractivity contribution in [2.45, 2.75) is 0 Å². The van der Waals surface area contributed by atoms with Crippen LogP contribution in [0.25, 0.3) is 0 Å². The lowest BCUT2D eigenvalue weighted by molar-refractivity contribution is -0.151. The van der Waals surface area contributed by atoms with E-state index < -0.39 is 47.6 Å². The predicted molar refractivity (Wildman–Crippen MR) is 55.5 cm³/mol. The molecule has 0 saturated carbocycles. The Hall–Kier alpha value is -1.15. The van der Waals surface area contributed by atoms with Crippen molar-refractivity contribution in [2.24, 2.45) is 22.6 Å².